The largest absolute Gasteiger partial charge is 0.357 e. The highest BCUT2D eigenvalue weighted by molar-refractivity contribution is 6.05. The second kappa shape index (κ2) is 7.87. The number of carbonyl (C=O) groups excluding carboxylic acids is 1. The number of aromatic nitrogens is 2. The van der Waals surface area contributed by atoms with E-state index in [0.717, 1.165) is 32.5 Å². The smallest absolute Gasteiger partial charge is 0.274 e. The average molecular weight is 393 g/mol. The lowest BCUT2D eigenvalue weighted by molar-refractivity contribution is 0.0637. The Morgan fingerprint density at radius 1 is 1.17 bits per heavy atom. The number of fused-ring (bicyclic) bond motifs is 1. The van der Waals surface area contributed by atoms with Crippen LogP contribution in [0.15, 0.2) is 47.5 Å². The summed E-state index contributed by atoms with van der Waals surface area (Å²) in [6, 6.07) is 10.7. The number of likely N-dealkylation sites (tertiary alicyclic amines) is 1. The second-order valence-corrected chi connectivity index (χ2v) is 8.13. The predicted molar refractivity (Wildman–Crippen MR) is 115 cm³/mol. The maximum absolute atomic E-state index is 13.2. The maximum Gasteiger partial charge on any atom is 0.274 e. The van der Waals surface area contributed by atoms with Crippen LogP contribution >= 0.6 is 0 Å². The Morgan fingerprint density at radius 3 is 2.55 bits per heavy atom. The maximum atomic E-state index is 13.2. The molecule has 29 heavy (non-hydrogen) atoms. The van der Waals surface area contributed by atoms with Gasteiger partial charge in [-0.3, -0.25) is 14.5 Å². The van der Waals surface area contributed by atoms with Crippen molar-refractivity contribution < 1.29 is 4.79 Å². The van der Waals surface area contributed by atoms with Gasteiger partial charge >= 0.3 is 0 Å². The number of hydrogen-bond acceptors (Lipinski definition) is 3. The summed E-state index contributed by atoms with van der Waals surface area (Å²) in [7, 11) is 3.56. The van der Waals surface area contributed by atoms with Crippen LogP contribution in [0.4, 0.5) is 0 Å². The quantitative estimate of drug-likeness (QED) is 0.743. The van der Waals surface area contributed by atoms with Gasteiger partial charge in [0.1, 0.15) is 5.52 Å². The first-order valence-electron chi connectivity index (χ1n) is 10.2. The van der Waals surface area contributed by atoms with Gasteiger partial charge < -0.3 is 14.5 Å². The molecule has 0 aliphatic carbocycles. The van der Waals surface area contributed by atoms with Gasteiger partial charge in [-0.25, -0.2) is 0 Å². The number of carbonyl (C=O) groups is 1. The lowest BCUT2D eigenvalue weighted by Gasteiger charge is -2.37. The van der Waals surface area contributed by atoms with E-state index in [1.807, 2.05) is 18.0 Å². The number of nitrogens with one attached hydrogen (secondary N) is 1. The SMILES string of the molecule is Cc1ccc(CN2CCC(N(C)C(=O)c3cn(C)c(=O)c4[nH]ccc34)CC2)cc1. The zero-order valence-corrected chi connectivity index (χ0v) is 17.3. The zero-order valence-electron chi connectivity index (χ0n) is 17.3. The molecule has 6 heteroatoms. The fraction of sp³-hybridized carbons (Fsp3) is 0.391. The number of amides is 1. The molecule has 1 aromatic carbocycles. The minimum Gasteiger partial charge on any atom is -0.357 e. The van der Waals surface area contributed by atoms with Gasteiger partial charge in [-0.05, 0) is 31.4 Å². The number of rotatable bonds is 4. The van der Waals surface area contributed by atoms with Crippen molar-refractivity contribution >= 4 is 16.8 Å². The second-order valence-electron chi connectivity index (χ2n) is 8.13. The molecule has 4 rings (SSSR count). The lowest BCUT2D eigenvalue weighted by Crippen LogP contribution is -2.45. The lowest BCUT2D eigenvalue weighted by atomic mass is 10.0. The highest BCUT2D eigenvalue weighted by Crippen LogP contribution is 2.22. The molecular formula is C23H28N4O2. The molecule has 3 aromatic rings. The number of aromatic amines is 1. The molecule has 1 amide bonds. The molecule has 152 valence electrons. The molecule has 0 radical (unpaired) electrons. The van der Waals surface area contributed by atoms with Crippen LogP contribution < -0.4 is 5.56 Å². The number of aryl methyl sites for hydroxylation is 2. The highest BCUT2D eigenvalue weighted by Gasteiger charge is 2.27. The fourth-order valence-corrected chi connectivity index (χ4v) is 4.21. The summed E-state index contributed by atoms with van der Waals surface area (Å²) in [5, 5.41) is 0.696. The molecule has 3 heterocycles. The van der Waals surface area contributed by atoms with Gasteiger partial charge in [-0.15, -0.1) is 0 Å². The van der Waals surface area contributed by atoms with E-state index in [-0.39, 0.29) is 17.5 Å². The van der Waals surface area contributed by atoms with Gasteiger partial charge in [-0.2, -0.15) is 0 Å². The molecule has 0 bridgehead atoms. The molecule has 0 saturated carbocycles. The van der Waals surface area contributed by atoms with Gasteiger partial charge in [0.05, 0.1) is 5.56 Å². The standard InChI is InChI=1S/C23H28N4O2/c1-16-4-6-17(7-5-16)14-27-12-9-18(10-13-27)26(3)22(28)20-15-25(2)23(29)21-19(20)8-11-24-21/h4-8,11,15,18,24H,9-10,12-14H2,1-3H3. The van der Waals surface area contributed by atoms with Crippen LogP contribution in [0.2, 0.25) is 0 Å². The van der Waals surface area contributed by atoms with Crippen molar-refractivity contribution in [3.05, 3.63) is 69.8 Å². The van der Waals surface area contributed by atoms with E-state index in [9.17, 15) is 9.59 Å². The molecule has 1 saturated heterocycles. The summed E-state index contributed by atoms with van der Waals surface area (Å²) >= 11 is 0. The van der Waals surface area contributed by atoms with E-state index in [1.165, 1.54) is 15.7 Å². The Balaban J connectivity index is 1.43. The Labute approximate surface area is 170 Å². The average Bonchev–Trinajstić information content (AvgIpc) is 3.22. The Bertz CT molecular complexity index is 1070. The molecule has 1 N–H and O–H groups in total. The van der Waals surface area contributed by atoms with Gasteiger partial charge in [0.15, 0.2) is 0 Å². The van der Waals surface area contributed by atoms with E-state index in [2.05, 4.69) is 41.1 Å². The first-order chi connectivity index (χ1) is 13.9. The molecule has 1 aliphatic rings. The van der Waals surface area contributed by atoms with Crippen molar-refractivity contribution in [1.82, 2.24) is 19.4 Å². The van der Waals surface area contributed by atoms with E-state index < -0.39 is 0 Å². The Morgan fingerprint density at radius 2 is 1.86 bits per heavy atom. The number of benzene rings is 1. The molecule has 0 unspecified atom stereocenters. The summed E-state index contributed by atoms with van der Waals surface area (Å²) < 4.78 is 1.48. The highest BCUT2D eigenvalue weighted by atomic mass is 16.2. The summed E-state index contributed by atoms with van der Waals surface area (Å²) in [4.78, 5) is 32.7. The van der Waals surface area contributed by atoms with Crippen LogP contribution in [0, 0.1) is 6.92 Å². The monoisotopic (exact) mass is 392 g/mol. The third-order valence-electron chi connectivity index (χ3n) is 6.08. The molecule has 2 aromatic heterocycles. The molecule has 0 spiro atoms. The van der Waals surface area contributed by atoms with Crippen molar-refractivity contribution in [1.29, 1.82) is 0 Å². The Kier molecular flexibility index (Phi) is 5.28. The van der Waals surface area contributed by atoms with Gasteiger partial charge in [0, 0.05) is 57.6 Å². The van der Waals surface area contributed by atoms with E-state index in [1.54, 1.807) is 19.4 Å². The predicted octanol–water partition coefficient (Wildman–Crippen LogP) is 2.91. The van der Waals surface area contributed by atoms with E-state index in [4.69, 9.17) is 0 Å². The minimum absolute atomic E-state index is 0.0258. The summed E-state index contributed by atoms with van der Waals surface area (Å²) in [6.07, 6.45) is 5.28. The first kappa shape index (κ1) is 19.5. The number of pyridine rings is 1. The van der Waals surface area contributed by atoms with Crippen molar-refractivity contribution in [3.8, 4) is 0 Å². The van der Waals surface area contributed by atoms with Crippen molar-refractivity contribution in [3.63, 3.8) is 0 Å². The molecule has 6 nitrogen and oxygen atoms in total. The van der Waals surface area contributed by atoms with Gasteiger partial charge in [0.2, 0.25) is 0 Å². The van der Waals surface area contributed by atoms with E-state index >= 15 is 0 Å². The number of piperidine rings is 1. The third-order valence-corrected chi connectivity index (χ3v) is 6.08. The van der Waals surface area contributed by atoms with Crippen molar-refractivity contribution in [2.75, 3.05) is 20.1 Å². The first-order valence-corrected chi connectivity index (χ1v) is 10.2. The number of hydrogen-bond donors (Lipinski definition) is 1. The molecule has 1 aliphatic heterocycles. The topological polar surface area (TPSA) is 61.3 Å². The van der Waals surface area contributed by atoms with Crippen LogP contribution in [-0.4, -0.2) is 51.4 Å². The third kappa shape index (κ3) is 3.85. The fourth-order valence-electron chi connectivity index (χ4n) is 4.21. The van der Waals surface area contributed by atoms with Crippen molar-refractivity contribution in [2.45, 2.75) is 32.4 Å². The summed E-state index contributed by atoms with van der Waals surface area (Å²) in [6.45, 7) is 5.01. The van der Waals surface area contributed by atoms with E-state index in [0.29, 0.717) is 16.5 Å². The van der Waals surface area contributed by atoms with Crippen LogP contribution in [0.5, 0.6) is 0 Å². The molecular weight excluding hydrogens is 364 g/mol. The normalized spacial score (nSPS) is 15.7. The zero-order chi connectivity index (χ0) is 20.5. The molecule has 0 atom stereocenters. The number of H-pyrrole nitrogens is 1. The number of nitrogens with zero attached hydrogens (tertiary/aromatic N) is 3. The minimum atomic E-state index is -0.117. The van der Waals surface area contributed by atoms with Crippen molar-refractivity contribution in [2.24, 2.45) is 7.05 Å². The Hall–Kier alpha value is -2.86. The summed E-state index contributed by atoms with van der Waals surface area (Å²) in [5.41, 5.74) is 3.56. The van der Waals surface area contributed by atoms with Gasteiger partial charge in [-0.1, -0.05) is 29.8 Å². The summed E-state index contributed by atoms with van der Waals surface area (Å²) in [5.74, 6) is -0.0258. The van der Waals surface area contributed by atoms with Crippen LogP contribution in [0.1, 0.15) is 34.3 Å². The van der Waals surface area contributed by atoms with Crippen LogP contribution in [0.3, 0.4) is 0 Å². The van der Waals surface area contributed by atoms with Crippen LogP contribution in [-0.2, 0) is 13.6 Å². The van der Waals surface area contributed by atoms with Crippen LogP contribution in [0.25, 0.3) is 10.9 Å². The molecule has 1 fully saturated rings. The van der Waals surface area contributed by atoms with Gasteiger partial charge in [0.25, 0.3) is 11.5 Å².